The Labute approximate surface area is 205 Å². The lowest BCUT2D eigenvalue weighted by Crippen LogP contribution is -2.48. The number of hydrogen-bond acceptors (Lipinski definition) is 3. The number of amides is 2. The molecule has 0 fully saturated rings. The van der Waals surface area contributed by atoms with E-state index in [0.29, 0.717) is 6.42 Å². The van der Waals surface area contributed by atoms with Crippen molar-refractivity contribution in [3.05, 3.63) is 107 Å². The Morgan fingerprint density at radius 3 is 2.43 bits per heavy atom. The summed E-state index contributed by atoms with van der Waals surface area (Å²) in [6.45, 7) is 6.12. The lowest BCUT2D eigenvalue weighted by molar-refractivity contribution is -0.123. The molecule has 4 aromatic rings. The second-order valence-electron chi connectivity index (χ2n) is 8.90. The number of aromatic amines is 1. The third-order valence-electron chi connectivity index (χ3n) is 6.31. The molecule has 4 rings (SSSR count). The van der Waals surface area contributed by atoms with Gasteiger partial charge in [0.1, 0.15) is 12.6 Å². The Bertz CT molecular complexity index is 1310. The van der Waals surface area contributed by atoms with Crippen molar-refractivity contribution in [2.75, 3.05) is 0 Å². The normalized spacial score (nSPS) is 12.7. The van der Waals surface area contributed by atoms with Crippen LogP contribution in [0.15, 0.2) is 79.0 Å². The molecule has 0 aliphatic heterocycles. The van der Waals surface area contributed by atoms with Crippen molar-refractivity contribution in [1.82, 2.24) is 15.6 Å². The Balaban J connectivity index is 1.48. The maximum atomic E-state index is 13.3. The van der Waals surface area contributed by atoms with Crippen LogP contribution in [0.4, 0.5) is 4.79 Å². The minimum absolute atomic E-state index is 0.134. The summed E-state index contributed by atoms with van der Waals surface area (Å²) >= 11 is 0. The topological polar surface area (TPSA) is 83.2 Å². The Morgan fingerprint density at radius 1 is 0.914 bits per heavy atom. The highest BCUT2D eigenvalue weighted by Crippen LogP contribution is 2.20. The number of carbonyl (C=O) groups excluding carboxylic acids is 2. The van der Waals surface area contributed by atoms with Gasteiger partial charge in [0.25, 0.3) is 0 Å². The van der Waals surface area contributed by atoms with Crippen molar-refractivity contribution in [3.63, 3.8) is 0 Å². The van der Waals surface area contributed by atoms with Gasteiger partial charge in [0.2, 0.25) is 5.91 Å². The van der Waals surface area contributed by atoms with Crippen LogP contribution in [0, 0.1) is 13.8 Å². The quantitative estimate of drug-likeness (QED) is 0.319. The first-order chi connectivity index (χ1) is 16.9. The highest BCUT2D eigenvalue weighted by molar-refractivity contribution is 5.88. The molecule has 180 valence electrons. The van der Waals surface area contributed by atoms with E-state index >= 15 is 0 Å². The predicted octanol–water partition coefficient (Wildman–Crippen LogP) is 5.50. The summed E-state index contributed by atoms with van der Waals surface area (Å²) in [6, 6.07) is 22.6. The molecule has 1 heterocycles. The van der Waals surface area contributed by atoms with Gasteiger partial charge in [-0.1, -0.05) is 66.7 Å². The molecule has 35 heavy (non-hydrogen) atoms. The molecule has 0 unspecified atom stereocenters. The van der Waals surface area contributed by atoms with Crippen molar-refractivity contribution in [1.29, 1.82) is 0 Å². The molecule has 0 aliphatic carbocycles. The average molecular weight is 470 g/mol. The standard InChI is InChI=1S/C29H31N3O3/c1-19-13-14-22(15-20(19)2)18-35-29(34)32-27(16-24-17-30-26-12-8-7-11-25(24)26)28(33)31-21(3)23-9-5-4-6-10-23/h4-15,17,21,27,30H,16,18H2,1-3H3,(H,31,33)(H,32,34)/t21-,27+/m0/s1. The summed E-state index contributed by atoms with van der Waals surface area (Å²) in [7, 11) is 0. The van der Waals surface area contributed by atoms with Gasteiger partial charge in [-0.25, -0.2) is 4.79 Å². The van der Waals surface area contributed by atoms with Crippen molar-refractivity contribution < 1.29 is 14.3 Å². The van der Waals surface area contributed by atoms with E-state index in [0.717, 1.165) is 33.2 Å². The fourth-order valence-electron chi connectivity index (χ4n) is 4.09. The van der Waals surface area contributed by atoms with Crippen LogP contribution >= 0.6 is 0 Å². The first kappa shape index (κ1) is 24.1. The molecule has 3 N–H and O–H groups in total. The number of ether oxygens (including phenoxy) is 1. The van der Waals surface area contributed by atoms with E-state index in [9.17, 15) is 9.59 Å². The number of fused-ring (bicyclic) bond motifs is 1. The Hall–Kier alpha value is -4.06. The van der Waals surface area contributed by atoms with E-state index in [-0.39, 0.29) is 18.6 Å². The van der Waals surface area contributed by atoms with Gasteiger partial charge in [-0.3, -0.25) is 4.79 Å². The predicted molar refractivity (Wildman–Crippen MR) is 138 cm³/mol. The van der Waals surface area contributed by atoms with E-state index in [1.807, 2.05) is 99.8 Å². The van der Waals surface area contributed by atoms with Crippen LogP contribution in [0.25, 0.3) is 10.9 Å². The van der Waals surface area contributed by atoms with Crippen molar-refractivity contribution in [3.8, 4) is 0 Å². The lowest BCUT2D eigenvalue weighted by atomic mass is 10.0. The van der Waals surface area contributed by atoms with Crippen LogP contribution in [0.5, 0.6) is 0 Å². The van der Waals surface area contributed by atoms with Crippen LogP contribution < -0.4 is 10.6 Å². The van der Waals surface area contributed by atoms with Gasteiger partial charge in [-0.05, 0) is 54.7 Å². The first-order valence-corrected chi connectivity index (χ1v) is 11.8. The summed E-state index contributed by atoms with van der Waals surface area (Å²) in [5, 5.41) is 6.84. The third-order valence-corrected chi connectivity index (χ3v) is 6.31. The molecular weight excluding hydrogens is 438 g/mol. The summed E-state index contributed by atoms with van der Waals surface area (Å²) in [6.07, 6.45) is 1.58. The van der Waals surface area contributed by atoms with Crippen molar-refractivity contribution in [2.24, 2.45) is 0 Å². The average Bonchev–Trinajstić information content (AvgIpc) is 3.27. The number of carbonyl (C=O) groups is 2. The molecule has 6 nitrogen and oxygen atoms in total. The van der Waals surface area contributed by atoms with Gasteiger partial charge < -0.3 is 20.4 Å². The van der Waals surface area contributed by atoms with E-state index in [1.54, 1.807) is 0 Å². The largest absolute Gasteiger partial charge is 0.445 e. The van der Waals surface area contributed by atoms with Crippen LogP contribution in [-0.4, -0.2) is 23.0 Å². The van der Waals surface area contributed by atoms with E-state index in [4.69, 9.17) is 4.74 Å². The maximum Gasteiger partial charge on any atom is 0.408 e. The number of aromatic nitrogens is 1. The highest BCUT2D eigenvalue weighted by atomic mass is 16.5. The zero-order valence-electron chi connectivity index (χ0n) is 20.3. The monoisotopic (exact) mass is 469 g/mol. The first-order valence-electron chi connectivity index (χ1n) is 11.8. The third kappa shape index (κ3) is 6.09. The number of alkyl carbamates (subject to hydrolysis) is 1. The van der Waals surface area contributed by atoms with Crippen LogP contribution in [-0.2, 0) is 22.6 Å². The molecule has 2 amide bonds. The second-order valence-corrected chi connectivity index (χ2v) is 8.90. The van der Waals surface area contributed by atoms with E-state index in [2.05, 4.69) is 15.6 Å². The molecule has 6 heteroatoms. The highest BCUT2D eigenvalue weighted by Gasteiger charge is 2.25. The number of para-hydroxylation sites is 1. The number of nitrogens with one attached hydrogen (secondary N) is 3. The second kappa shape index (κ2) is 10.9. The fraction of sp³-hybridized carbons (Fsp3) is 0.241. The summed E-state index contributed by atoms with van der Waals surface area (Å²) in [5.74, 6) is -0.269. The van der Waals surface area contributed by atoms with Crippen molar-refractivity contribution >= 4 is 22.9 Å². The number of H-pyrrole nitrogens is 1. The minimum Gasteiger partial charge on any atom is -0.445 e. The zero-order valence-corrected chi connectivity index (χ0v) is 20.3. The lowest BCUT2D eigenvalue weighted by Gasteiger charge is -2.21. The Morgan fingerprint density at radius 2 is 1.66 bits per heavy atom. The fourth-order valence-corrected chi connectivity index (χ4v) is 4.09. The molecule has 0 saturated carbocycles. The van der Waals surface area contributed by atoms with Gasteiger partial charge in [-0.2, -0.15) is 0 Å². The molecular formula is C29H31N3O3. The minimum atomic E-state index is -0.798. The zero-order chi connectivity index (χ0) is 24.8. The summed E-state index contributed by atoms with van der Waals surface area (Å²) < 4.78 is 5.46. The molecule has 3 aromatic carbocycles. The maximum absolute atomic E-state index is 13.3. The van der Waals surface area contributed by atoms with E-state index < -0.39 is 12.1 Å². The van der Waals surface area contributed by atoms with E-state index in [1.165, 1.54) is 5.56 Å². The van der Waals surface area contributed by atoms with Gasteiger partial charge in [0, 0.05) is 23.5 Å². The SMILES string of the molecule is Cc1ccc(COC(=O)N[C@H](Cc2c[nH]c3ccccc23)C(=O)N[C@@H](C)c2ccccc2)cc1C. The summed E-state index contributed by atoms with van der Waals surface area (Å²) in [4.78, 5) is 29.2. The number of rotatable bonds is 8. The molecule has 0 aliphatic rings. The molecule has 0 radical (unpaired) electrons. The van der Waals surface area contributed by atoms with Gasteiger partial charge >= 0.3 is 6.09 Å². The molecule has 1 aromatic heterocycles. The van der Waals surface area contributed by atoms with Crippen LogP contribution in [0.3, 0.4) is 0 Å². The van der Waals surface area contributed by atoms with Gasteiger partial charge in [0.05, 0.1) is 6.04 Å². The molecule has 2 atom stereocenters. The van der Waals surface area contributed by atoms with Gasteiger partial charge in [0.15, 0.2) is 0 Å². The number of benzene rings is 3. The Kier molecular flexibility index (Phi) is 7.51. The summed E-state index contributed by atoms with van der Waals surface area (Å²) in [5.41, 5.74) is 6.14. The molecule has 0 bridgehead atoms. The van der Waals surface area contributed by atoms with Crippen molar-refractivity contribution in [2.45, 2.75) is 45.9 Å². The smallest absolute Gasteiger partial charge is 0.408 e. The molecule has 0 saturated heterocycles. The molecule has 0 spiro atoms. The number of aryl methyl sites for hydroxylation is 2. The van der Waals surface area contributed by atoms with Crippen LogP contribution in [0.1, 0.15) is 40.8 Å². The van der Waals surface area contributed by atoms with Gasteiger partial charge in [-0.15, -0.1) is 0 Å². The van der Waals surface area contributed by atoms with Crippen LogP contribution in [0.2, 0.25) is 0 Å². The number of hydrogen-bond donors (Lipinski definition) is 3.